The number of thiophene rings is 1. The smallest absolute Gasteiger partial charge is 0.334 e. The molecule has 11 heteroatoms. The van der Waals surface area contributed by atoms with Crippen LogP contribution in [0.25, 0.3) is 0 Å². The number of amides is 2. The summed E-state index contributed by atoms with van der Waals surface area (Å²) in [6.45, 7) is 3.40. The molecule has 1 aliphatic heterocycles. The van der Waals surface area contributed by atoms with Crippen molar-refractivity contribution in [1.82, 2.24) is 14.7 Å². The third-order valence-electron chi connectivity index (χ3n) is 5.59. The van der Waals surface area contributed by atoms with E-state index in [1.165, 1.54) is 21.8 Å². The average molecular weight is 453 g/mol. The second-order valence-electron chi connectivity index (χ2n) is 8.22. The van der Waals surface area contributed by atoms with Crippen LogP contribution in [0.15, 0.2) is 18.5 Å². The van der Waals surface area contributed by atoms with E-state index in [-0.39, 0.29) is 6.04 Å². The molecule has 0 aromatic carbocycles. The molecule has 9 nitrogen and oxygen atoms in total. The van der Waals surface area contributed by atoms with Crippen molar-refractivity contribution in [3.8, 4) is 0 Å². The quantitative estimate of drug-likeness (QED) is 0.725. The monoisotopic (exact) mass is 452 g/mol. The molecule has 3 heterocycles. The van der Waals surface area contributed by atoms with E-state index in [0.717, 1.165) is 39.9 Å². The highest BCUT2D eigenvalue weighted by Gasteiger charge is 2.42. The van der Waals surface area contributed by atoms with Gasteiger partial charge in [0.15, 0.2) is 0 Å². The summed E-state index contributed by atoms with van der Waals surface area (Å²) in [5, 5.41) is 4.17. The number of nitrogens with two attached hydrogens (primary N) is 1. The van der Waals surface area contributed by atoms with Crippen LogP contribution in [-0.2, 0) is 17.3 Å². The summed E-state index contributed by atoms with van der Waals surface area (Å²) in [4.78, 5) is 16.5. The average Bonchev–Trinajstić information content (AvgIpc) is 3.30. The molecule has 2 aliphatic rings. The zero-order valence-electron chi connectivity index (χ0n) is 17.5. The van der Waals surface area contributed by atoms with Crippen molar-refractivity contribution >= 4 is 39.0 Å². The van der Waals surface area contributed by atoms with Crippen LogP contribution < -0.4 is 14.3 Å². The van der Waals surface area contributed by atoms with Gasteiger partial charge >= 0.3 is 16.2 Å². The third kappa shape index (κ3) is 3.93. The first-order chi connectivity index (χ1) is 14.2. The molecular weight excluding hydrogens is 424 g/mol. The molecule has 30 heavy (non-hydrogen) atoms. The van der Waals surface area contributed by atoms with Gasteiger partial charge in [0.05, 0.1) is 23.6 Å². The second-order valence-corrected chi connectivity index (χ2v) is 11.2. The molecule has 2 N–H and O–H groups in total. The lowest BCUT2D eigenvalue weighted by molar-refractivity contribution is 0.252. The highest BCUT2D eigenvalue weighted by Crippen LogP contribution is 2.49. The van der Waals surface area contributed by atoms with Crippen LogP contribution in [0.1, 0.15) is 41.4 Å². The number of aromatic nitrogens is 2. The predicted molar refractivity (Wildman–Crippen MR) is 118 cm³/mol. The zero-order valence-corrected chi connectivity index (χ0v) is 19.1. The first-order valence-corrected chi connectivity index (χ1v) is 12.3. The van der Waals surface area contributed by atoms with Crippen LogP contribution in [-0.4, -0.2) is 55.3 Å². The molecule has 1 saturated heterocycles. The van der Waals surface area contributed by atoms with Crippen LogP contribution in [0.3, 0.4) is 0 Å². The maximum Gasteiger partial charge on any atom is 0.334 e. The fourth-order valence-corrected chi connectivity index (χ4v) is 7.09. The Hall–Kier alpha value is -2.11. The molecule has 1 atom stereocenters. The Balaban J connectivity index is 1.82. The Morgan fingerprint density at radius 1 is 1.30 bits per heavy atom. The molecule has 1 saturated carbocycles. The SMILES string of the molecule is Cc1cc(N(C(N)=O)S(=O)(=O)N(c2cnn(C)c2)[C@H]2CCCN(C)C2)c(C2CC2)s1. The number of urea groups is 1. The van der Waals surface area contributed by atoms with E-state index in [1.807, 2.05) is 14.0 Å². The van der Waals surface area contributed by atoms with E-state index in [1.54, 1.807) is 24.0 Å². The minimum absolute atomic E-state index is 0.295. The van der Waals surface area contributed by atoms with Crippen molar-refractivity contribution in [2.24, 2.45) is 12.8 Å². The van der Waals surface area contributed by atoms with E-state index in [2.05, 4.69) is 10.00 Å². The van der Waals surface area contributed by atoms with Crippen LogP contribution in [0.4, 0.5) is 16.2 Å². The maximum atomic E-state index is 14.0. The molecule has 2 amide bonds. The van der Waals surface area contributed by atoms with Crippen LogP contribution in [0.5, 0.6) is 0 Å². The number of likely N-dealkylation sites (N-methyl/N-ethyl adjacent to an activating group) is 1. The van der Waals surface area contributed by atoms with Gasteiger partial charge in [-0.1, -0.05) is 0 Å². The first-order valence-electron chi connectivity index (χ1n) is 10.1. The van der Waals surface area contributed by atoms with Gasteiger partial charge in [-0.15, -0.1) is 11.3 Å². The van der Waals surface area contributed by atoms with Gasteiger partial charge < -0.3 is 10.6 Å². The number of carbonyl (C=O) groups excluding carboxylic acids is 1. The van der Waals surface area contributed by atoms with Gasteiger partial charge in [0.25, 0.3) is 0 Å². The number of aryl methyl sites for hydroxylation is 2. The summed E-state index contributed by atoms with van der Waals surface area (Å²) in [5.74, 6) is 0.295. The van der Waals surface area contributed by atoms with Gasteiger partial charge in [0.2, 0.25) is 0 Å². The number of primary amides is 1. The lowest BCUT2D eigenvalue weighted by Crippen LogP contribution is -2.56. The van der Waals surface area contributed by atoms with E-state index in [9.17, 15) is 13.2 Å². The van der Waals surface area contributed by atoms with Crippen LogP contribution >= 0.6 is 11.3 Å². The van der Waals surface area contributed by atoms with Gasteiger partial charge in [-0.3, -0.25) is 4.68 Å². The number of hydrogen-bond acceptors (Lipinski definition) is 6. The number of likely N-dealkylation sites (tertiary alicyclic amines) is 1. The molecule has 2 aromatic heterocycles. The number of hydrogen-bond donors (Lipinski definition) is 1. The van der Waals surface area contributed by atoms with Crippen molar-refractivity contribution in [3.05, 3.63) is 28.2 Å². The van der Waals surface area contributed by atoms with Gasteiger partial charge in [0.1, 0.15) is 0 Å². The fourth-order valence-electron chi connectivity index (χ4n) is 4.15. The molecule has 164 valence electrons. The number of piperidine rings is 1. The minimum Gasteiger partial charge on any atom is -0.350 e. The summed E-state index contributed by atoms with van der Waals surface area (Å²) in [6.07, 6.45) is 6.74. The third-order valence-corrected chi connectivity index (χ3v) is 8.63. The van der Waals surface area contributed by atoms with E-state index in [0.29, 0.717) is 30.3 Å². The van der Waals surface area contributed by atoms with Gasteiger partial charge in [0, 0.05) is 29.5 Å². The van der Waals surface area contributed by atoms with E-state index >= 15 is 0 Å². The van der Waals surface area contributed by atoms with Gasteiger partial charge in [-0.25, -0.2) is 9.10 Å². The lowest BCUT2D eigenvalue weighted by Gasteiger charge is -2.39. The molecule has 1 aliphatic carbocycles. The molecule has 4 rings (SSSR count). The Labute approximate surface area is 181 Å². The summed E-state index contributed by atoms with van der Waals surface area (Å²) < 4.78 is 31.7. The van der Waals surface area contributed by atoms with Crippen molar-refractivity contribution in [2.45, 2.75) is 44.6 Å². The standard InChI is InChI=1S/C19H28N6O3S2/c1-13-9-17(18(29-13)14-6-7-14)25(19(20)26)30(27,28)24(16-10-21-23(3)12-16)15-5-4-8-22(2)11-15/h9-10,12,14-15H,4-8,11H2,1-3H3,(H2,20,26)/t15-/m0/s1. The highest BCUT2D eigenvalue weighted by molar-refractivity contribution is 7.95. The molecule has 2 aromatic rings. The maximum absolute atomic E-state index is 14.0. The summed E-state index contributed by atoms with van der Waals surface area (Å²) in [7, 11) is -0.566. The minimum atomic E-state index is -4.27. The number of carbonyl (C=O) groups is 1. The number of nitrogens with zero attached hydrogens (tertiary/aromatic N) is 5. The lowest BCUT2D eigenvalue weighted by atomic mass is 10.1. The van der Waals surface area contributed by atoms with Gasteiger partial charge in [-0.05, 0) is 58.2 Å². The topological polar surface area (TPSA) is 105 Å². The van der Waals surface area contributed by atoms with Crippen molar-refractivity contribution in [1.29, 1.82) is 0 Å². The Morgan fingerprint density at radius 2 is 2.03 bits per heavy atom. The van der Waals surface area contributed by atoms with E-state index < -0.39 is 16.2 Å². The zero-order chi connectivity index (χ0) is 21.6. The summed E-state index contributed by atoms with van der Waals surface area (Å²) in [5.41, 5.74) is 6.51. The Kier molecular flexibility index (Phi) is 5.54. The van der Waals surface area contributed by atoms with Crippen LogP contribution in [0.2, 0.25) is 0 Å². The molecule has 2 fully saturated rings. The Morgan fingerprint density at radius 3 is 2.60 bits per heavy atom. The van der Waals surface area contributed by atoms with E-state index in [4.69, 9.17) is 5.73 Å². The molecule has 0 radical (unpaired) electrons. The molecule has 0 bridgehead atoms. The normalized spacial score (nSPS) is 20.3. The van der Waals surface area contributed by atoms with Crippen molar-refractivity contribution in [3.63, 3.8) is 0 Å². The van der Waals surface area contributed by atoms with Crippen LogP contribution in [0, 0.1) is 6.92 Å². The molecule has 0 unspecified atom stereocenters. The van der Waals surface area contributed by atoms with Crippen molar-refractivity contribution < 1.29 is 13.2 Å². The fraction of sp³-hybridized carbons (Fsp3) is 0.579. The number of anilines is 2. The Bertz CT molecular complexity index is 1040. The second kappa shape index (κ2) is 7.86. The van der Waals surface area contributed by atoms with Crippen molar-refractivity contribution in [2.75, 3.05) is 28.7 Å². The predicted octanol–water partition coefficient (Wildman–Crippen LogP) is 2.40. The largest absolute Gasteiger partial charge is 0.350 e. The first kappa shape index (κ1) is 21.1. The molecule has 0 spiro atoms. The highest BCUT2D eigenvalue weighted by atomic mass is 32.2. The summed E-state index contributed by atoms with van der Waals surface area (Å²) in [6, 6.07) is 0.450. The summed E-state index contributed by atoms with van der Waals surface area (Å²) >= 11 is 1.54. The van der Waals surface area contributed by atoms with Gasteiger partial charge in [-0.2, -0.15) is 17.8 Å². The number of rotatable bonds is 6. The molecular formula is C19H28N6O3S2.